The van der Waals surface area contributed by atoms with Crippen molar-refractivity contribution in [1.29, 1.82) is 0 Å². The van der Waals surface area contributed by atoms with Gasteiger partial charge in [-0.15, -0.1) is 11.3 Å². The molecule has 9 nitrogen and oxygen atoms in total. The van der Waals surface area contributed by atoms with Gasteiger partial charge in [-0.25, -0.2) is 14.7 Å². The Hall–Kier alpha value is -2.85. The standard InChI is InChI=1S/C19H22N6O3S/c1-12-3-4-14(9-20-12)25-16(27)19(23-18(25)28)5-7-24(8-6-19)11-15-10-21-17(29-15)22-13(2)26/h3-4,9-10H,5-8,11H2,1-2H3,(H,23,28)(H,21,22,26). The number of imide groups is 1. The molecule has 0 aliphatic carbocycles. The van der Waals surface area contributed by atoms with E-state index in [0.717, 1.165) is 10.6 Å². The topological polar surface area (TPSA) is 108 Å². The van der Waals surface area contributed by atoms with Crippen LogP contribution in [0.5, 0.6) is 0 Å². The number of hydrogen-bond acceptors (Lipinski definition) is 7. The molecule has 0 aromatic carbocycles. The fourth-order valence-corrected chi connectivity index (χ4v) is 4.59. The van der Waals surface area contributed by atoms with Crippen molar-refractivity contribution in [3.63, 3.8) is 0 Å². The van der Waals surface area contributed by atoms with Crippen LogP contribution in [0.15, 0.2) is 24.5 Å². The highest BCUT2D eigenvalue weighted by Crippen LogP contribution is 2.33. The molecule has 10 heteroatoms. The molecular formula is C19H22N6O3S. The molecule has 4 amide bonds. The third-order valence-electron chi connectivity index (χ3n) is 5.24. The fraction of sp³-hybridized carbons (Fsp3) is 0.421. The average Bonchev–Trinajstić information content (AvgIpc) is 3.20. The molecule has 2 aromatic rings. The van der Waals surface area contributed by atoms with Gasteiger partial charge in [-0.1, -0.05) is 0 Å². The summed E-state index contributed by atoms with van der Waals surface area (Å²) in [5.74, 6) is -0.354. The Kier molecular flexibility index (Phi) is 5.05. The first kappa shape index (κ1) is 19.5. The van der Waals surface area contributed by atoms with E-state index in [2.05, 4.69) is 25.5 Å². The van der Waals surface area contributed by atoms with Gasteiger partial charge in [0.05, 0.1) is 11.9 Å². The lowest BCUT2D eigenvalue weighted by atomic mass is 9.87. The Balaban J connectivity index is 1.40. The highest BCUT2D eigenvalue weighted by molar-refractivity contribution is 7.15. The molecule has 2 aliphatic heterocycles. The number of hydrogen-bond donors (Lipinski definition) is 2. The lowest BCUT2D eigenvalue weighted by Gasteiger charge is -2.37. The fourth-order valence-electron chi connectivity index (χ4n) is 3.69. The number of aryl methyl sites for hydroxylation is 1. The number of thiazole rings is 1. The summed E-state index contributed by atoms with van der Waals surface area (Å²) in [4.78, 5) is 49.6. The van der Waals surface area contributed by atoms with Gasteiger partial charge in [-0.2, -0.15) is 0 Å². The molecule has 0 atom stereocenters. The van der Waals surface area contributed by atoms with Gasteiger partial charge in [0.1, 0.15) is 5.54 Å². The average molecular weight is 414 g/mol. The Labute approximate surface area is 172 Å². The summed E-state index contributed by atoms with van der Waals surface area (Å²) in [7, 11) is 0. The number of aromatic nitrogens is 2. The van der Waals surface area contributed by atoms with Gasteiger partial charge in [0.2, 0.25) is 5.91 Å². The number of rotatable bonds is 4. The monoisotopic (exact) mass is 414 g/mol. The summed E-state index contributed by atoms with van der Waals surface area (Å²) in [5, 5.41) is 6.19. The lowest BCUT2D eigenvalue weighted by Crippen LogP contribution is -2.54. The van der Waals surface area contributed by atoms with Gasteiger partial charge in [0.15, 0.2) is 5.13 Å². The normalized spacial score (nSPS) is 18.9. The van der Waals surface area contributed by atoms with Crippen molar-refractivity contribution in [3.8, 4) is 0 Å². The number of piperidine rings is 1. The van der Waals surface area contributed by atoms with Crippen LogP contribution in [0.3, 0.4) is 0 Å². The highest BCUT2D eigenvalue weighted by Gasteiger charge is 2.52. The third-order valence-corrected chi connectivity index (χ3v) is 6.14. The lowest BCUT2D eigenvalue weighted by molar-refractivity contribution is -0.123. The van der Waals surface area contributed by atoms with E-state index in [-0.39, 0.29) is 11.8 Å². The minimum Gasteiger partial charge on any atom is -0.323 e. The molecular weight excluding hydrogens is 392 g/mol. The molecule has 1 spiro atoms. The number of carbonyl (C=O) groups excluding carboxylic acids is 3. The minimum absolute atomic E-state index is 0.144. The van der Waals surface area contributed by atoms with E-state index in [1.165, 1.54) is 23.2 Å². The molecule has 2 aliphatic rings. The van der Waals surface area contributed by atoms with Crippen LogP contribution < -0.4 is 15.5 Å². The van der Waals surface area contributed by atoms with Crippen LogP contribution in [0.2, 0.25) is 0 Å². The van der Waals surface area contributed by atoms with Gasteiger partial charge in [0, 0.05) is 43.3 Å². The first-order valence-corrected chi connectivity index (χ1v) is 10.2. The molecule has 0 bridgehead atoms. The van der Waals surface area contributed by atoms with E-state index < -0.39 is 11.6 Å². The zero-order valence-corrected chi connectivity index (χ0v) is 17.1. The van der Waals surface area contributed by atoms with E-state index in [1.54, 1.807) is 24.5 Å². The molecule has 2 aromatic heterocycles. The Morgan fingerprint density at radius 3 is 2.66 bits per heavy atom. The number of nitrogens with one attached hydrogen (secondary N) is 2. The van der Waals surface area contributed by atoms with Crippen LogP contribution in [0.25, 0.3) is 0 Å². The van der Waals surface area contributed by atoms with E-state index >= 15 is 0 Å². The number of carbonyl (C=O) groups is 3. The quantitative estimate of drug-likeness (QED) is 0.740. The summed E-state index contributed by atoms with van der Waals surface area (Å²) >= 11 is 1.44. The summed E-state index contributed by atoms with van der Waals surface area (Å²) in [6.07, 6.45) is 4.40. The van der Waals surface area contributed by atoms with Crippen LogP contribution in [-0.2, 0) is 16.1 Å². The van der Waals surface area contributed by atoms with Gasteiger partial charge in [0.25, 0.3) is 5.91 Å². The van der Waals surface area contributed by atoms with Crippen molar-refractivity contribution in [1.82, 2.24) is 20.2 Å². The van der Waals surface area contributed by atoms with E-state index in [1.807, 2.05) is 6.92 Å². The number of nitrogens with zero attached hydrogens (tertiary/aromatic N) is 4. The van der Waals surface area contributed by atoms with Crippen molar-refractivity contribution < 1.29 is 14.4 Å². The second-order valence-corrected chi connectivity index (χ2v) is 8.51. The second-order valence-electron chi connectivity index (χ2n) is 7.40. The Bertz CT molecular complexity index is 949. The highest BCUT2D eigenvalue weighted by atomic mass is 32.1. The van der Waals surface area contributed by atoms with Crippen LogP contribution >= 0.6 is 11.3 Å². The molecule has 29 heavy (non-hydrogen) atoms. The second kappa shape index (κ2) is 7.53. The predicted octanol–water partition coefficient (Wildman–Crippen LogP) is 1.90. The van der Waals surface area contributed by atoms with Gasteiger partial charge >= 0.3 is 6.03 Å². The number of likely N-dealkylation sites (tertiary alicyclic amines) is 1. The van der Waals surface area contributed by atoms with Gasteiger partial charge in [-0.05, 0) is 31.9 Å². The van der Waals surface area contributed by atoms with Crippen LogP contribution in [0.4, 0.5) is 15.6 Å². The van der Waals surface area contributed by atoms with Gasteiger partial charge < -0.3 is 10.6 Å². The first-order valence-electron chi connectivity index (χ1n) is 9.40. The molecule has 2 saturated heterocycles. The number of pyridine rings is 1. The molecule has 0 unspecified atom stereocenters. The molecule has 4 heterocycles. The van der Waals surface area contributed by atoms with Crippen molar-refractivity contribution in [2.75, 3.05) is 23.3 Å². The number of urea groups is 1. The van der Waals surface area contributed by atoms with E-state index in [4.69, 9.17) is 0 Å². The molecule has 2 N–H and O–H groups in total. The molecule has 152 valence electrons. The molecule has 4 rings (SSSR count). The van der Waals surface area contributed by atoms with Crippen LogP contribution in [0, 0.1) is 6.92 Å². The zero-order chi connectivity index (χ0) is 20.6. The number of anilines is 2. The van der Waals surface area contributed by atoms with Crippen molar-refractivity contribution in [2.45, 2.75) is 38.8 Å². The summed E-state index contributed by atoms with van der Waals surface area (Å²) in [6.45, 7) is 5.36. The Morgan fingerprint density at radius 1 is 1.24 bits per heavy atom. The van der Waals surface area contributed by atoms with Crippen LogP contribution in [-0.4, -0.2) is 51.3 Å². The van der Waals surface area contributed by atoms with E-state index in [9.17, 15) is 14.4 Å². The van der Waals surface area contributed by atoms with Crippen molar-refractivity contribution in [3.05, 3.63) is 35.1 Å². The van der Waals surface area contributed by atoms with Gasteiger partial charge in [-0.3, -0.25) is 19.5 Å². The minimum atomic E-state index is -0.854. The van der Waals surface area contributed by atoms with Crippen molar-refractivity contribution in [2.24, 2.45) is 0 Å². The summed E-state index contributed by atoms with van der Waals surface area (Å²) in [5.41, 5.74) is 0.467. The maximum Gasteiger partial charge on any atom is 0.329 e. The SMILES string of the molecule is CC(=O)Nc1ncc(CN2CCC3(CC2)NC(=O)N(c2ccc(C)nc2)C3=O)s1. The van der Waals surface area contributed by atoms with Crippen molar-refractivity contribution >= 4 is 40.0 Å². The first-order chi connectivity index (χ1) is 13.9. The maximum atomic E-state index is 13.1. The molecule has 2 fully saturated rings. The van der Waals surface area contributed by atoms with Crippen LogP contribution in [0.1, 0.15) is 30.3 Å². The maximum absolute atomic E-state index is 13.1. The summed E-state index contributed by atoms with van der Waals surface area (Å²) in [6, 6.07) is 3.13. The van der Waals surface area contributed by atoms with E-state index in [0.29, 0.717) is 43.3 Å². The third kappa shape index (κ3) is 3.85. The predicted molar refractivity (Wildman–Crippen MR) is 109 cm³/mol. The largest absolute Gasteiger partial charge is 0.329 e. The molecule has 0 saturated carbocycles. The molecule has 0 radical (unpaired) electrons. The zero-order valence-electron chi connectivity index (χ0n) is 16.3. The Morgan fingerprint density at radius 2 is 2.00 bits per heavy atom. The number of amides is 4. The smallest absolute Gasteiger partial charge is 0.323 e. The summed E-state index contributed by atoms with van der Waals surface area (Å²) < 4.78 is 0.